The monoisotopic (exact) mass is 556 g/mol. The van der Waals surface area contributed by atoms with Crippen LogP contribution in [0.1, 0.15) is 22.8 Å². The molecular weight excluding hydrogens is 532 g/mol. The molecule has 0 radical (unpaired) electrons. The maximum Gasteiger partial charge on any atom is 0.272 e. The van der Waals surface area contributed by atoms with Gasteiger partial charge in [-0.1, -0.05) is 54.1 Å². The Morgan fingerprint density at radius 1 is 0.872 bits per heavy atom. The summed E-state index contributed by atoms with van der Waals surface area (Å²) in [5, 5.41) is 8.42. The highest BCUT2D eigenvalue weighted by Crippen LogP contribution is 2.27. The third kappa shape index (κ3) is 8.29. The highest BCUT2D eigenvalue weighted by molar-refractivity contribution is 8.00. The van der Waals surface area contributed by atoms with Crippen LogP contribution in [0.3, 0.4) is 0 Å². The molecule has 9 heteroatoms. The number of carbonyl (C=O) groups is 3. The zero-order valence-electron chi connectivity index (χ0n) is 20.9. The van der Waals surface area contributed by atoms with Gasteiger partial charge in [-0.05, 0) is 73.2 Å². The Kier molecular flexibility index (Phi) is 9.50. The quantitative estimate of drug-likeness (QED) is 0.167. The molecular formula is C30H25ClN4O3S. The van der Waals surface area contributed by atoms with E-state index < -0.39 is 17.1 Å². The Labute approximate surface area is 235 Å². The Morgan fingerprint density at radius 3 is 2.38 bits per heavy atom. The van der Waals surface area contributed by atoms with E-state index in [1.807, 2.05) is 6.07 Å². The lowest BCUT2D eigenvalue weighted by molar-refractivity contribution is -0.115. The van der Waals surface area contributed by atoms with Crippen LogP contribution in [0.2, 0.25) is 5.02 Å². The zero-order valence-corrected chi connectivity index (χ0v) is 22.5. The molecule has 7 nitrogen and oxygen atoms in total. The number of nitrogens with one attached hydrogen (secondary N) is 3. The molecule has 0 aliphatic carbocycles. The number of carbonyl (C=O) groups excluding carboxylic acids is 3. The summed E-state index contributed by atoms with van der Waals surface area (Å²) in [5.74, 6) is -0.644. The average Bonchev–Trinajstić information content (AvgIpc) is 2.94. The third-order valence-electron chi connectivity index (χ3n) is 5.38. The van der Waals surface area contributed by atoms with Crippen LogP contribution in [-0.2, 0) is 9.59 Å². The van der Waals surface area contributed by atoms with Crippen molar-refractivity contribution in [1.82, 2.24) is 10.3 Å². The van der Waals surface area contributed by atoms with Gasteiger partial charge in [-0.3, -0.25) is 14.4 Å². The number of amides is 3. The number of thioether (sulfide) groups is 1. The molecule has 1 heterocycles. The number of anilines is 2. The Balaban J connectivity index is 1.48. The number of hydrogen-bond acceptors (Lipinski definition) is 5. The molecule has 1 aromatic heterocycles. The number of hydrogen-bond donors (Lipinski definition) is 3. The molecule has 0 fully saturated rings. The van der Waals surface area contributed by atoms with E-state index in [-0.39, 0.29) is 11.6 Å². The first-order valence-corrected chi connectivity index (χ1v) is 13.3. The van der Waals surface area contributed by atoms with E-state index in [9.17, 15) is 14.4 Å². The number of benzene rings is 3. The standard InChI is InChI=1S/C30H25ClN4O3S/c1-20(28(36)35-27-15-5-6-16-32-27)39-25-14-8-13-24(19-25)33-30(38)26(18-21-9-7-12-23(31)17-21)34-29(37)22-10-3-2-4-11-22/h2-20H,1H3,(H,33,38)(H,34,37)(H,32,35,36)/b26-18-. The lowest BCUT2D eigenvalue weighted by Gasteiger charge is -2.14. The van der Waals surface area contributed by atoms with Gasteiger partial charge in [-0.15, -0.1) is 11.8 Å². The summed E-state index contributed by atoms with van der Waals surface area (Å²) in [6.07, 6.45) is 3.17. The lowest BCUT2D eigenvalue weighted by atomic mass is 10.1. The van der Waals surface area contributed by atoms with Crippen molar-refractivity contribution in [2.24, 2.45) is 0 Å². The van der Waals surface area contributed by atoms with Crippen molar-refractivity contribution in [3.05, 3.63) is 125 Å². The predicted molar refractivity (Wildman–Crippen MR) is 157 cm³/mol. The molecule has 0 saturated heterocycles. The maximum atomic E-state index is 13.3. The molecule has 196 valence electrons. The minimum Gasteiger partial charge on any atom is -0.321 e. The molecule has 39 heavy (non-hydrogen) atoms. The van der Waals surface area contributed by atoms with Crippen LogP contribution in [0, 0.1) is 0 Å². The minimum absolute atomic E-state index is 0.0484. The van der Waals surface area contributed by atoms with Crippen LogP contribution in [0.15, 0.2) is 114 Å². The first-order chi connectivity index (χ1) is 18.9. The minimum atomic E-state index is -0.512. The largest absolute Gasteiger partial charge is 0.321 e. The van der Waals surface area contributed by atoms with Gasteiger partial charge in [0.2, 0.25) is 5.91 Å². The average molecular weight is 557 g/mol. The lowest BCUT2D eigenvalue weighted by Crippen LogP contribution is -2.30. The normalized spacial score (nSPS) is 11.8. The molecule has 3 N–H and O–H groups in total. The van der Waals surface area contributed by atoms with Crippen molar-refractivity contribution in [2.45, 2.75) is 17.1 Å². The molecule has 3 aromatic carbocycles. The van der Waals surface area contributed by atoms with Crippen LogP contribution >= 0.6 is 23.4 Å². The smallest absolute Gasteiger partial charge is 0.272 e. The van der Waals surface area contributed by atoms with Gasteiger partial charge in [0.15, 0.2) is 0 Å². The Hall–Kier alpha value is -4.40. The zero-order chi connectivity index (χ0) is 27.6. The van der Waals surface area contributed by atoms with Crippen LogP contribution in [0.25, 0.3) is 6.08 Å². The fourth-order valence-electron chi connectivity index (χ4n) is 3.47. The number of pyridine rings is 1. The highest BCUT2D eigenvalue weighted by Gasteiger charge is 2.17. The molecule has 0 saturated carbocycles. The Morgan fingerprint density at radius 2 is 1.64 bits per heavy atom. The Bertz CT molecular complexity index is 1500. The van der Waals surface area contributed by atoms with Crippen molar-refractivity contribution in [3.8, 4) is 0 Å². The number of nitrogens with zero attached hydrogens (tertiary/aromatic N) is 1. The molecule has 4 aromatic rings. The summed E-state index contributed by atoms with van der Waals surface area (Å²) < 4.78 is 0. The summed E-state index contributed by atoms with van der Waals surface area (Å²) in [6, 6.07) is 28.0. The second-order valence-electron chi connectivity index (χ2n) is 8.38. The summed E-state index contributed by atoms with van der Waals surface area (Å²) in [7, 11) is 0. The first kappa shape index (κ1) is 27.6. The first-order valence-electron chi connectivity index (χ1n) is 12.0. The fourth-order valence-corrected chi connectivity index (χ4v) is 4.60. The van der Waals surface area contributed by atoms with Gasteiger partial charge < -0.3 is 16.0 Å². The molecule has 4 rings (SSSR count). The van der Waals surface area contributed by atoms with Crippen molar-refractivity contribution >= 4 is 58.7 Å². The van der Waals surface area contributed by atoms with Crippen molar-refractivity contribution in [1.29, 1.82) is 0 Å². The number of halogens is 1. The summed E-state index contributed by atoms with van der Waals surface area (Å²) in [4.78, 5) is 43.6. The van der Waals surface area contributed by atoms with Gasteiger partial charge in [0.05, 0.1) is 5.25 Å². The molecule has 1 atom stereocenters. The second kappa shape index (κ2) is 13.4. The van der Waals surface area contributed by atoms with Gasteiger partial charge in [-0.25, -0.2) is 4.98 Å². The molecule has 0 aliphatic rings. The van der Waals surface area contributed by atoms with Crippen LogP contribution in [0.5, 0.6) is 0 Å². The van der Waals surface area contributed by atoms with Gasteiger partial charge >= 0.3 is 0 Å². The third-order valence-corrected chi connectivity index (χ3v) is 6.71. The molecule has 0 spiro atoms. The van der Waals surface area contributed by atoms with E-state index in [4.69, 9.17) is 11.6 Å². The van der Waals surface area contributed by atoms with Crippen LogP contribution < -0.4 is 16.0 Å². The van der Waals surface area contributed by atoms with Gasteiger partial charge in [0, 0.05) is 27.4 Å². The summed E-state index contributed by atoms with van der Waals surface area (Å²) >= 11 is 7.46. The maximum absolute atomic E-state index is 13.3. The van der Waals surface area contributed by atoms with E-state index in [2.05, 4.69) is 20.9 Å². The van der Waals surface area contributed by atoms with Crippen LogP contribution in [-0.4, -0.2) is 28.0 Å². The van der Waals surface area contributed by atoms with Gasteiger partial charge in [-0.2, -0.15) is 0 Å². The molecule has 0 aliphatic heterocycles. The van der Waals surface area contributed by atoms with E-state index in [0.29, 0.717) is 27.7 Å². The summed E-state index contributed by atoms with van der Waals surface area (Å²) in [5.41, 5.74) is 1.62. The van der Waals surface area contributed by atoms with E-state index >= 15 is 0 Å². The van der Waals surface area contributed by atoms with E-state index in [1.54, 1.807) is 110 Å². The van der Waals surface area contributed by atoms with Crippen molar-refractivity contribution in [2.75, 3.05) is 10.6 Å². The molecule has 0 bridgehead atoms. The summed E-state index contributed by atoms with van der Waals surface area (Å²) in [6.45, 7) is 1.79. The fraction of sp³-hybridized carbons (Fsp3) is 0.0667. The second-order valence-corrected chi connectivity index (χ2v) is 10.2. The SMILES string of the molecule is CC(Sc1cccc(NC(=O)/C(=C/c2cccc(Cl)c2)NC(=O)c2ccccc2)c1)C(=O)Nc1ccccn1. The highest BCUT2D eigenvalue weighted by atomic mass is 35.5. The predicted octanol–water partition coefficient (Wildman–Crippen LogP) is 6.26. The number of aromatic nitrogens is 1. The molecule has 1 unspecified atom stereocenters. The van der Waals surface area contributed by atoms with Crippen LogP contribution in [0.4, 0.5) is 11.5 Å². The van der Waals surface area contributed by atoms with E-state index in [1.165, 1.54) is 11.8 Å². The van der Waals surface area contributed by atoms with Gasteiger partial charge in [0.1, 0.15) is 11.5 Å². The number of rotatable bonds is 9. The van der Waals surface area contributed by atoms with Crippen molar-refractivity contribution in [3.63, 3.8) is 0 Å². The van der Waals surface area contributed by atoms with Crippen molar-refractivity contribution < 1.29 is 14.4 Å². The van der Waals surface area contributed by atoms with E-state index in [0.717, 1.165) is 4.90 Å². The topological polar surface area (TPSA) is 100 Å². The molecule has 3 amide bonds. The van der Waals surface area contributed by atoms with Gasteiger partial charge in [0.25, 0.3) is 11.8 Å².